The lowest BCUT2D eigenvalue weighted by Crippen LogP contribution is -2.05. The highest BCUT2D eigenvalue weighted by Crippen LogP contribution is 2.25. The number of aryl methyl sites for hydroxylation is 2. The Morgan fingerprint density at radius 2 is 1.89 bits per heavy atom. The standard InChI is InChI=1S/C17H24O2/c1-7-10-18-17(12(2)3)15(6)19-16-11-13(4)8-9-14(16)5/h8-9,11H,6-7,10H2,1-5H3. The van der Waals surface area contributed by atoms with Crippen molar-refractivity contribution in [2.45, 2.75) is 41.0 Å². The van der Waals surface area contributed by atoms with Gasteiger partial charge in [0.1, 0.15) is 5.75 Å². The van der Waals surface area contributed by atoms with Crippen LogP contribution in [-0.4, -0.2) is 6.61 Å². The van der Waals surface area contributed by atoms with Gasteiger partial charge in [0, 0.05) is 0 Å². The number of hydrogen-bond acceptors (Lipinski definition) is 2. The van der Waals surface area contributed by atoms with Gasteiger partial charge >= 0.3 is 0 Å². The van der Waals surface area contributed by atoms with E-state index in [1.54, 1.807) is 0 Å². The molecule has 0 saturated carbocycles. The molecule has 0 spiro atoms. The van der Waals surface area contributed by atoms with Crippen molar-refractivity contribution in [3.8, 4) is 5.75 Å². The van der Waals surface area contributed by atoms with E-state index in [0.717, 1.165) is 29.1 Å². The highest BCUT2D eigenvalue weighted by Gasteiger charge is 2.10. The summed E-state index contributed by atoms with van der Waals surface area (Å²) in [4.78, 5) is 0. The second-order valence-corrected chi connectivity index (χ2v) is 4.97. The van der Waals surface area contributed by atoms with Crippen molar-refractivity contribution in [3.05, 3.63) is 53.0 Å². The summed E-state index contributed by atoms with van der Waals surface area (Å²) in [6.45, 7) is 14.8. The van der Waals surface area contributed by atoms with Crippen LogP contribution >= 0.6 is 0 Å². The molecule has 19 heavy (non-hydrogen) atoms. The van der Waals surface area contributed by atoms with Crippen LogP contribution < -0.4 is 4.74 Å². The number of rotatable bonds is 6. The SMILES string of the molecule is C=C(Oc1cc(C)ccc1C)C(OCCC)=C(C)C. The molecule has 1 aromatic rings. The van der Waals surface area contributed by atoms with E-state index in [1.165, 1.54) is 5.56 Å². The van der Waals surface area contributed by atoms with Crippen LogP contribution in [0.4, 0.5) is 0 Å². The molecule has 0 amide bonds. The second-order valence-electron chi connectivity index (χ2n) is 4.97. The molecule has 0 radical (unpaired) electrons. The van der Waals surface area contributed by atoms with E-state index in [9.17, 15) is 0 Å². The lowest BCUT2D eigenvalue weighted by Gasteiger charge is -2.16. The number of hydrogen-bond donors (Lipinski definition) is 0. The molecule has 0 heterocycles. The molecule has 0 N–H and O–H groups in total. The Kier molecular flexibility index (Phi) is 5.68. The van der Waals surface area contributed by atoms with E-state index < -0.39 is 0 Å². The van der Waals surface area contributed by atoms with Crippen molar-refractivity contribution in [1.29, 1.82) is 0 Å². The molecule has 0 fully saturated rings. The first-order valence-electron chi connectivity index (χ1n) is 6.70. The first kappa shape index (κ1) is 15.4. The number of allylic oxidation sites excluding steroid dienone is 1. The summed E-state index contributed by atoms with van der Waals surface area (Å²) in [5, 5.41) is 0. The van der Waals surface area contributed by atoms with Crippen molar-refractivity contribution in [3.63, 3.8) is 0 Å². The predicted molar refractivity (Wildman–Crippen MR) is 80.3 cm³/mol. The molecule has 0 aromatic heterocycles. The summed E-state index contributed by atoms with van der Waals surface area (Å²) in [6, 6.07) is 6.14. The molecule has 2 nitrogen and oxygen atoms in total. The van der Waals surface area contributed by atoms with Crippen LogP contribution in [0.2, 0.25) is 0 Å². The summed E-state index contributed by atoms with van der Waals surface area (Å²) in [6.07, 6.45) is 0.966. The van der Waals surface area contributed by atoms with Crippen LogP contribution in [-0.2, 0) is 4.74 Å². The van der Waals surface area contributed by atoms with Gasteiger partial charge in [-0.2, -0.15) is 0 Å². The lowest BCUT2D eigenvalue weighted by molar-refractivity contribution is 0.195. The van der Waals surface area contributed by atoms with Gasteiger partial charge in [-0.25, -0.2) is 0 Å². The topological polar surface area (TPSA) is 18.5 Å². The third kappa shape index (κ3) is 4.47. The van der Waals surface area contributed by atoms with Gasteiger partial charge in [0.05, 0.1) is 6.61 Å². The van der Waals surface area contributed by atoms with Gasteiger partial charge in [0.15, 0.2) is 11.5 Å². The van der Waals surface area contributed by atoms with Crippen LogP contribution in [0.1, 0.15) is 38.3 Å². The van der Waals surface area contributed by atoms with Gasteiger partial charge in [0.25, 0.3) is 0 Å². The second kappa shape index (κ2) is 7.03. The minimum absolute atomic E-state index is 0.571. The van der Waals surface area contributed by atoms with E-state index in [4.69, 9.17) is 9.47 Å². The molecule has 104 valence electrons. The molecular formula is C17H24O2. The zero-order valence-electron chi connectivity index (χ0n) is 12.7. The highest BCUT2D eigenvalue weighted by atomic mass is 16.5. The van der Waals surface area contributed by atoms with Gasteiger partial charge in [-0.05, 0) is 56.9 Å². The predicted octanol–water partition coefficient (Wildman–Crippen LogP) is 4.92. The number of benzene rings is 1. The molecule has 0 aliphatic rings. The average molecular weight is 260 g/mol. The summed E-state index contributed by atoms with van der Waals surface area (Å²) < 4.78 is 11.6. The minimum Gasteiger partial charge on any atom is -0.490 e. The minimum atomic E-state index is 0.571. The third-order valence-electron chi connectivity index (χ3n) is 2.73. The Hall–Kier alpha value is -1.70. The van der Waals surface area contributed by atoms with Gasteiger partial charge in [-0.3, -0.25) is 0 Å². The summed E-state index contributed by atoms with van der Waals surface area (Å²) in [5.41, 5.74) is 3.33. The van der Waals surface area contributed by atoms with Crippen molar-refractivity contribution < 1.29 is 9.47 Å². The first-order valence-corrected chi connectivity index (χ1v) is 6.70. The molecule has 0 aliphatic heterocycles. The fraction of sp³-hybridized carbons (Fsp3) is 0.412. The van der Waals surface area contributed by atoms with E-state index in [2.05, 4.69) is 19.6 Å². The maximum Gasteiger partial charge on any atom is 0.162 e. The zero-order valence-corrected chi connectivity index (χ0v) is 12.7. The van der Waals surface area contributed by atoms with Crippen molar-refractivity contribution in [2.24, 2.45) is 0 Å². The van der Waals surface area contributed by atoms with Crippen LogP contribution in [0.25, 0.3) is 0 Å². The highest BCUT2D eigenvalue weighted by molar-refractivity contribution is 5.38. The quantitative estimate of drug-likeness (QED) is 0.534. The normalized spacial score (nSPS) is 9.95. The Morgan fingerprint density at radius 3 is 2.47 bits per heavy atom. The molecule has 1 aromatic carbocycles. The summed E-state index contributed by atoms with van der Waals surface area (Å²) in [7, 11) is 0. The molecule has 0 unspecified atom stereocenters. The van der Waals surface area contributed by atoms with Crippen molar-refractivity contribution in [2.75, 3.05) is 6.61 Å². The van der Waals surface area contributed by atoms with E-state index >= 15 is 0 Å². The maximum absolute atomic E-state index is 5.87. The Balaban J connectivity index is 2.88. The maximum atomic E-state index is 5.87. The molecule has 0 atom stereocenters. The molecule has 0 bridgehead atoms. The van der Waals surface area contributed by atoms with Crippen LogP contribution in [0.3, 0.4) is 0 Å². The fourth-order valence-electron chi connectivity index (χ4n) is 1.70. The largest absolute Gasteiger partial charge is 0.490 e. The van der Waals surface area contributed by atoms with Crippen LogP contribution in [0.15, 0.2) is 41.9 Å². The van der Waals surface area contributed by atoms with Gasteiger partial charge < -0.3 is 9.47 Å². The zero-order chi connectivity index (χ0) is 14.4. The molecular weight excluding hydrogens is 236 g/mol. The molecule has 2 heteroatoms. The third-order valence-corrected chi connectivity index (χ3v) is 2.73. The average Bonchev–Trinajstić information content (AvgIpc) is 2.34. The smallest absolute Gasteiger partial charge is 0.162 e. The number of ether oxygens (including phenoxy) is 2. The van der Waals surface area contributed by atoms with Gasteiger partial charge in [0.2, 0.25) is 0 Å². The van der Waals surface area contributed by atoms with Crippen LogP contribution in [0.5, 0.6) is 5.75 Å². The summed E-state index contributed by atoms with van der Waals surface area (Å²) >= 11 is 0. The van der Waals surface area contributed by atoms with E-state index in [1.807, 2.05) is 39.8 Å². The Labute approximate surface area is 116 Å². The Bertz CT molecular complexity index is 480. The summed E-state index contributed by atoms with van der Waals surface area (Å²) in [5.74, 6) is 2.16. The fourth-order valence-corrected chi connectivity index (χ4v) is 1.70. The van der Waals surface area contributed by atoms with Crippen LogP contribution in [0, 0.1) is 13.8 Å². The van der Waals surface area contributed by atoms with E-state index in [-0.39, 0.29) is 0 Å². The van der Waals surface area contributed by atoms with Gasteiger partial charge in [-0.1, -0.05) is 25.6 Å². The van der Waals surface area contributed by atoms with Crippen molar-refractivity contribution in [1.82, 2.24) is 0 Å². The molecule has 1 rings (SSSR count). The monoisotopic (exact) mass is 260 g/mol. The molecule has 0 aliphatic carbocycles. The van der Waals surface area contributed by atoms with Crippen molar-refractivity contribution >= 4 is 0 Å². The van der Waals surface area contributed by atoms with Gasteiger partial charge in [-0.15, -0.1) is 0 Å². The van der Waals surface area contributed by atoms with E-state index in [0.29, 0.717) is 12.4 Å². The molecule has 0 saturated heterocycles. The Morgan fingerprint density at radius 1 is 1.21 bits per heavy atom. The first-order chi connectivity index (χ1) is 8.95. The lowest BCUT2D eigenvalue weighted by atomic mass is 10.1.